The van der Waals surface area contributed by atoms with Gasteiger partial charge in [0, 0.05) is 11.1 Å². The third-order valence-electron chi connectivity index (χ3n) is 4.10. The molecule has 2 heteroatoms. The summed E-state index contributed by atoms with van der Waals surface area (Å²) in [6, 6.07) is 7.00. The molecule has 1 aromatic carbocycles. The third-order valence-corrected chi connectivity index (χ3v) is 4.10. The van der Waals surface area contributed by atoms with E-state index in [0.717, 1.165) is 19.3 Å². The Morgan fingerprint density at radius 3 is 2.78 bits per heavy atom. The van der Waals surface area contributed by atoms with Crippen LogP contribution in [0.3, 0.4) is 0 Å². The number of rotatable bonds is 3. The van der Waals surface area contributed by atoms with E-state index in [1.54, 1.807) is 6.07 Å². The first-order valence-corrected chi connectivity index (χ1v) is 7.05. The van der Waals surface area contributed by atoms with Gasteiger partial charge < -0.3 is 5.73 Å². The number of hydrogen-bond acceptors (Lipinski definition) is 1. The Balaban J connectivity index is 2.18. The molecule has 0 aliphatic heterocycles. The van der Waals surface area contributed by atoms with E-state index in [1.165, 1.54) is 18.9 Å². The molecule has 0 bridgehead atoms. The van der Waals surface area contributed by atoms with Crippen LogP contribution in [0.1, 0.15) is 51.5 Å². The lowest BCUT2D eigenvalue weighted by atomic mass is 9.70. The summed E-state index contributed by atoms with van der Waals surface area (Å²) < 4.78 is 13.9. The second kappa shape index (κ2) is 5.40. The first-order valence-electron chi connectivity index (χ1n) is 7.05. The molecule has 100 valence electrons. The highest BCUT2D eigenvalue weighted by atomic mass is 19.1. The van der Waals surface area contributed by atoms with Gasteiger partial charge in [-0.3, -0.25) is 0 Å². The summed E-state index contributed by atoms with van der Waals surface area (Å²) in [5, 5.41) is 0. The molecule has 0 spiro atoms. The molecule has 0 aromatic heterocycles. The van der Waals surface area contributed by atoms with E-state index in [0.29, 0.717) is 17.4 Å². The van der Waals surface area contributed by atoms with Gasteiger partial charge >= 0.3 is 0 Å². The van der Waals surface area contributed by atoms with Crippen LogP contribution in [0.25, 0.3) is 0 Å². The molecule has 1 saturated carbocycles. The molecular weight excluding hydrogens is 225 g/mol. The van der Waals surface area contributed by atoms with Gasteiger partial charge in [0.2, 0.25) is 0 Å². The maximum atomic E-state index is 13.9. The van der Waals surface area contributed by atoms with Gasteiger partial charge in [0.25, 0.3) is 0 Å². The molecule has 0 heterocycles. The Hall–Kier alpha value is -0.890. The lowest BCUT2D eigenvalue weighted by Crippen LogP contribution is -2.42. The van der Waals surface area contributed by atoms with Crippen molar-refractivity contribution in [2.24, 2.45) is 17.6 Å². The summed E-state index contributed by atoms with van der Waals surface area (Å²) in [7, 11) is 0. The molecule has 2 unspecified atom stereocenters. The number of benzene rings is 1. The Bertz CT molecular complexity index is 402. The second-order valence-electron chi connectivity index (χ2n) is 6.23. The Morgan fingerprint density at radius 1 is 1.39 bits per heavy atom. The monoisotopic (exact) mass is 249 g/mol. The summed E-state index contributed by atoms with van der Waals surface area (Å²) >= 11 is 0. The van der Waals surface area contributed by atoms with Gasteiger partial charge in [0.15, 0.2) is 0 Å². The lowest BCUT2D eigenvalue weighted by Gasteiger charge is -2.39. The molecule has 1 aliphatic rings. The van der Waals surface area contributed by atoms with E-state index in [9.17, 15) is 4.39 Å². The Labute approximate surface area is 110 Å². The van der Waals surface area contributed by atoms with E-state index >= 15 is 0 Å². The van der Waals surface area contributed by atoms with Crippen LogP contribution in [0.5, 0.6) is 0 Å². The standard InChI is InChI=1S/C16H24FN/c1-12(2)10-13-6-5-9-16(18,11-13)14-7-3-4-8-15(14)17/h3-4,7-8,12-13H,5-6,9-11,18H2,1-2H3. The number of halogens is 1. The van der Waals surface area contributed by atoms with Crippen LogP contribution in [0.15, 0.2) is 24.3 Å². The summed E-state index contributed by atoms with van der Waals surface area (Å²) in [6.07, 6.45) is 5.38. The van der Waals surface area contributed by atoms with Crippen LogP contribution < -0.4 is 5.73 Å². The van der Waals surface area contributed by atoms with Crippen molar-refractivity contribution in [3.8, 4) is 0 Å². The maximum Gasteiger partial charge on any atom is 0.128 e. The summed E-state index contributed by atoms with van der Waals surface area (Å²) in [5.74, 6) is 1.19. The second-order valence-corrected chi connectivity index (χ2v) is 6.23. The van der Waals surface area contributed by atoms with Gasteiger partial charge in [-0.15, -0.1) is 0 Å². The predicted molar refractivity (Wildman–Crippen MR) is 73.7 cm³/mol. The van der Waals surface area contributed by atoms with Crippen LogP contribution in [-0.4, -0.2) is 0 Å². The minimum absolute atomic E-state index is 0.148. The maximum absolute atomic E-state index is 13.9. The first-order chi connectivity index (χ1) is 8.51. The van der Waals surface area contributed by atoms with Crippen LogP contribution >= 0.6 is 0 Å². The van der Waals surface area contributed by atoms with Gasteiger partial charge in [0.05, 0.1) is 0 Å². The molecule has 0 amide bonds. The minimum atomic E-state index is -0.455. The SMILES string of the molecule is CC(C)CC1CCCC(N)(c2ccccc2F)C1. The van der Waals surface area contributed by atoms with Crippen molar-refractivity contribution in [2.75, 3.05) is 0 Å². The predicted octanol–water partition coefficient (Wildman–Crippen LogP) is 4.22. The summed E-state index contributed by atoms with van der Waals surface area (Å²) in [5.41, 5.74) is 6.76. The lowest BCUT2D eigenvalue weighted by molar-refractivity contribution is 0.198. The van der Waals surface area contributed by atoms with Gasteiger partial charge in [-0.2, -0.15) is 0 Å². The molecule has 1 fully saturated rings. The van der Waals surface area contributed by atoms with Crippen LogP contribution in [-0.2, 0) is 5.54 Å². The molecule has 0 saturated heterocycles. The average Bonchev–Trinajstić information content (AvgIpc) is 2.28. The third kappa shape index (κ3) is 2.92. The van der Waals surface area contributed by atoms with Crippen molar-refractivity contribution in [2.45, 2.75) is 51.5 Å². The summed E-state index contributed by atoms with van der Waals surface area (Å²) in [6.45, 7) is 4.49. The van der Waals surface area contributed by atoms with Crippen LogP contribution in [0.2, 0.25) is 0 Å². The Kier molecular flexibility index (Phi) is 4.06. The van der Waals surface area contributed by atoms with Gasteiger partial charge in [-0.05, 0) is 37.2 Å². The molecule has 2 rings (SSSR count). The number of nitrogens with two attached hydrogens (primary N) is 1. The van der Waals surface area contributed by atoms with Gasteiger partial charge in [-0.1, -0.05) is 44.9 Å². The topological polar surface area (TPSA) is 26.0 Å². The molecule has 1 nitrogen and oxygen atoms in total. The van der Waals surface area contributed by atoms with Crippen molar-refractivity contribution in [3.63, 3.8) is 0 Å². The molecule has 0 radical (unpaired) electrons. The van der Waals surface area contributed by atoms with Crippen LogP contribution in [0.4, 0.5) is 4.39 Å². The zero-order chi connectivity index (χ0) is 13.2. The van der Waals surface area contributed by atoms with E-state index in [-0.39, 0.29) is 5.82 Å². The fourth-order valence-corrected chi connectivity index (χ4v) is 3.40. The normalized spacial score (nSPS) is 28.6. The van der Waals surface area contributed by atoms with Crippen molar-refractivity contribution in [1.29, 1.82) is 0 Å². The molecular formula is C16H24FN. The van der Waals surface area contributed by atoms with Crippen molar-refractivity contribution < 1.29 is 4.39 Å². The molecule has 1 aliphatic carbocycles. The molecule has 2 N–H and O–H groups in total. The van der Waals surface area contributed by atoms with Crippen molar-refractivity contribution in [3.05, 3.63) is 35.6 Å². The average molecular weight is 249 g/mol. The minimum Gasteiger partial charge on any atom is -0.321 e. The smallest absolute Gasteiger partial charge is 0.128 e. The zero-order valence-corrected chi connectivity index (χ0v) is 11.5. The first kappa shape index (κ1) is 13.5. The highest BCUT2D eigenvalue weighted by Crippen LogP contribution is 2.41. The molecule has 18 heavy (non-hydrogen) atoms. The van der Waals surface area contributed by atoms with E-state index in [2.05, 4.69) is 13.8 Å². The fourth-order valence-electron chi connectivity index (χ4n) is 3.40. The molecule has 1 aromatic rings. The zero-order valence-electron chi connectivity index (χ0n) is 11.5. The van der Waals surface area contributed by atoms with Gasteiger partial charge in [-0.25, -0.2) is 4.39 Å². The number of hydrogen-bond donors (Lipinski definition) is 1. The molecule has 2 atom stereocenters. The van der Waals surface area contributed by atoms with E-state index in [4.69, 9.17) is 5.73 Å². The summed E-state index contributed by atoms with van der Waals surface area (Å²) in [4.78, 5) is 0. The largest absolute Gasteiger partial charge is 0.321 e. The quantitative estimate of drug-likeness (QED) is 0.853. The van der Waals surface area contributed by atoms with Crippen molar-refractivity contribution >= 4 is 0 Å². The highest BCUT2D eigenvalue weighted by Gasteiger charge is 2.36. The van der Waals surface area contributed by atoms with Crippen molar-refractivity contribution in [1.82, 2.24) is 0 Å². The van der Waals surface area contributed by atoms with E-state index in [1.807, 2.05) is 12.1 Å². The fraction of sp³-hybridized carbons (Fsp3) is 0.625. The highest BCUT2D eigenvalue weighted by molar-refractivity contribution is 5.26. The van der Waals surface area contributed by atoms with E-state index < -0.39 is 5.54 Å². The van der Waals surface area contributed by atoms with Gasteiger partial charge in [0.1, 0.15) is 5.82 Å². The Morgan fingerprint density at radius 2 is 2.11 bits per heavy atom. The van der Waals surface area contributed by atoms with Crippen LogP contribution in [0, 0.1) is 17.7 Å².